The highest BCUT2D eigenvalue weighted by atomic mass is 35.5. The van der Waals surface area contributed by atoms with E-state index in [2.05, 4.69) is 15.3 Å². The molecule has 1 N–H and O–H groups in total. The number of rotatable bonds is 6. The minimum Gasteiger partial charge on any atom is -0.495 e. The zero-order valence-electron chi connectivity index (χ0n) is 15.8. The van der Waals surface area contributed by atoms with Gasteiger partial charge in [0.1, 0.15) is 16.6 Å². The molecule has 2 aromatic carbocycles. The molecule has 0 saturated heterocycles. The summed E-state index contributed by atoms with van der Waals surface area (Å²) in [6, 6.07) is 16.9. The number of hydrogen-bond acceptors (Lipinski definition) is 5. The number of aromatic nitrogens is 2. The standard InChI is InChI=1S/C21H20ClN3O2S/c1-13(21(26)25-16-9-10-19(27-3)17(22)11-16)28-20-12-18(23-14(2)24-20)15-7-5-4-6-8-15/h4-13H,1-3H3,(H,25,26)/t13-/m0/s1. The van der Waals surface area contributed by atoms with Crippen LogP contribution in [0.5, 0.6) is 5.75 Å². The number of ether oxygens (including phenoxy) is 1. The second kappa shape index (κ2) is 9.08. The van der Waals surface area contributed by atoms with Gasteiger partial charge in [-0.3, -0.25) is 4.79 Å². The van der Waals surface area contributed by atoms with Gasteiger partial charge in [0, 0.05) is 11.3 Å². The van der Waals surface area contributed by atoms with Gasteiger partial charge in [-0.2, -0.15) is 0 Å². The topological polar surface area (TPSA) is 64.1 Å². The third-order valence-electron chi connectivity index (χ3n) is 3.97. The molecule has 0 fully saturated rings. The SMILES string of the molecule is COc1ccc(NC(=O)[C@H](C)Sc2cc(-c3ccccc3)nc(C)n2)cc1Cl. The molecule has 0 aliphatic rings. The second-order valence-electron chi connectivity index (χ2n) is 6.10. The first-order valence-corrected chi connectivity index (χ1v) is 9.94. The van der Waals surface area contributed by atoms with Gasteiger partial charge in [-0.1, -0.05) is 53.7 Å². The Kier molecular flexibility index (Phi) is 6.54. The number of amides is 1. The maximum atomic E-state index is 12.6. The fourth-order valence-corrected chi connectivity index (χ4v) is 3.73. The summed E-state index contributed by atoms with van der Waals surface area (Å²) in [4.78, 5) is 21.5. The van der Waals surface area contributed by atoms with Crippen LogP contribution in [0.15, 0.2) is 59.6 Å². The normalized spacial score (nSPS) is 11.7. The number of hydrogen-bond donors (Lipinski definition) is 1. The van der Waals surface area contributed by atoms with E-state index >= 15 is 0 Å². The number of carbonyl (C=O) groups is 1. The molecule has 1 atom stereocenters. The van der Waals surface area contributed by atoms with Crippen molar-refractivity contribution in [3.8, 4) is 17.0 Å². The van der Waals surface area contributed by atoms with Gasteiger partial charge < -0.3 is 10.1 Å². The molecular formula is C21H20ClN3O2S. The summed E-state index contributed by atoms with van der Waals surface area (Å²) < 4.78 is 5.13. The average molecular weight is 414 g/mol. The molecule has 1 heterocycles. The maximum Gasteiger partial charge on any atom is 0.237 e. The molecule has 0 aliphatic heterocycles. The van der Waals surface area contributed by atoms with Crippen LogP contribution in [0.1, 0.15) is 12.7 Å². The number of anilines is 1. The lowest BCUT2D eigenvalue weighted by Gasteiger charge is -2.13. The van der Waals surface area contributed by atoms with Crippen LogP contribution in [0.3, 0.4) is 0 Å². The number of methoxy groups -OCH3 is 1. The Hall–Kier alpha value is -2.57. The third-order valence-corrected chi connectivity index (χ3v) is 5.28. The van der Waals surface area contributed by atoms with Crippen LogP contribution in [0.4, 0.5) is 5.69 Å². The first-order valence-electron chi connectivity index (χ1n) is 8.68. The zero-order chi connectivity index (χ0) is 20.1. The molecule has 1 aromatic heterocycles. The summed E-state index contributed by atoms with van der Waals surface area (Å²) in [6.07, 6.45) is 0. The van der Waals surface area contributed by atoms with Crippen LogP contribution in [0, 0.1) is 6.92 Å². The largest absolute Gasteiger partial charge is 0.495 e. The van der Waals surface area contributed by atoms with Crippen molar-refractivity contribution in [2.45, 2.75) is 24.1 Å². The monoisotopic (exact) mass is 413 g/mol. The van der Waals surface area contributed by atoms with Gasteiger partial charge in [0.25, 0.3) is 0 Å². The van der Waals surface area contributed by atoms with E-state index in [1.54, 1.807) is 25.3 Å². The molecule has 0 spiro atoms. The fraction of sp³-hybridized carbons (Fsp3) is 0.190. The Morgan fingerprint density at radius 1 is 1.14 bits per heavy atom. The van der Waals surface area contributed by atoms with Crippen molar-refractivity contribution in [1.82, 2.24) is 9.97 Å². The lowest BCUT2D eigenvalue weighted by atomic mass is 10.1. The number of thioether (sulfide) groups is 1. The van der Waals surface area contributed by atoms with Crippen LogP contribution >= 0.6 is 23.4 Å². The number of benzene rings is 2. The Morgan fingerprint density at radius 2 is 1.89 bits per heavy atom. The first kappa shape index (κ1) is 20.2. The van der Waals surface area contributed by atoms with Crippen LogP contribution < -0.4 is 10.1 Å². The molecule has 0 saturated carbocycles. The molecular weight excluding hydrogens is 394 g/mol. The number of halogens is 1. The molecule has 1 amide bonds. The molecule has 3 aromatic rings. The Balaban J connectivity index is 1.72. The average Bonchev–Trinajstić information content (AvgIpc) is 2.68. The van der Waals surface area contributed by atoms with Gasteiger partial charge in [-0.05, 0) is 38.1 Å². The molecule has 0 bridgehead atoms. The van der Waals surface area contributed by atoms with Gasteiger partial charge in [0.05, 0.1) is 23.1 Å². The predicted molar refractivity (Wildman–Crippen MR) is 114 cm³/mol. The van der Waals surface area contributed by atoms with Crippen molar-refractivity contribution in [2.75, 3.05) is 12.4 Å². The van der Waals surface area contributed by atoms with E-state index in [0.29, 0.717) is 22.3 Å². The maximum absolute atomic E-state index is 12.6. The van der Waals surface area contributed by atoms with Crippen molar-refractivity contribution in [3.05, 3.63) is 65.4 Å². The van der Waals surface area contributed by atoms with Crippen LogP contribution in [0.2, 0.25) is 5.02 Å². The molecule has 3 rings (SSSR count). The van der Waals surface area contributed by atoms with Crippen LogP contribution in [-0.4, -0.2) is 28.2 Å². The van der Waals surface area contributed by atoms with E-state index in [1.165, 1.54) is 11.8 Å². The summed E-state index contributed by atoms with van der Waals surface area (Å²) in [5.74, 6) is 1.09. The van der Waals surface area contributed by atoms with Gasteiger partial charge >= 0.3 is 0 Å². The smallest absolute Gasteiger partial charge is 0.237 e. The summed E-state index contributed by atoms with van der Waals surface area (Å²) >= 11 is 7.50. The van der Waals surface area contributed by atoms with E-state index in [0.717, 1.165) is 16.3 Å². The molecule has 144 valence electrons. The first-order chi connectivity index (χ1) is 13.5. The van der Waals surface area contributed by atoms with Crippen molar-refractivity contribution < 1.29 is 9.53 Å². The Bertz CT molecular complexity index is 983. The lowest BCUT2D eigenvalue weighted by Crippen LogP contribution is -2.22. The number of nitrogens with one attached hydrogen (secondary N) is 1. The number of carbonyl (C=O) groups excluding carboxylic acids is 1. The molecule has 28 heavy (non-hydrogen) atoms. The van der Waals surface area contributed by atoms with Gasteiger partial charge in [0.15, 0.2) is 0 Å². The van der Waals surface area contributed by atoms with E-state index < -0.39 is 0 Å². The minimum absolute atomic E-state index is 0.135. The van der Waals surface area contributed by atoms with E-state index in [4.69, 9.17) is 16.3 Å². The van der Waals surface area contributed by atoms with E-state index in [9.17, 15) is 4.79 Å². The molecule has 0 unspecified atom stereocenters. The van der Waals surface area contributed by atoms with Crippen molar-refractivity contribution in [1.29, 1.82) is 0 Å². The van der Waals surface area contributed by atoms with Crippen molar-refractivity contribution in [3.63, 3.8) is 0 Å². The molecule has 0 radical (unpaired) electrons. The highest BCUT2D eigenvalue weighted by Gasteiger charge is 2.17. The van der Waals surface area contributed by atoms with Gasteiger partial charge in [0.2, 0.25) is 5.91 Å². The Morgan fingerprint density at radius 3 is 2.57 bits per heavy atom. The summed E-state index contributed by atoms with van der Waals surface area (Å²) in [6.45, 7) is 3.69. The molecule has 7 heteroatoms. The second-order valence-corrected chi connectivity index (χ2v) is 7.87. The number of aryl methyl sites for hydroxylation is 1. The van der Waals surface area contributed by atoms with Crippen molar-refractivity contribution in [2.24, 2.45) is 0 Å². The minimum atomic E-state index is -0.348. The molecule has 5 nitrogen and oxygen atoms in total. The molecule has 0 aliphatic carbocycles. The van der Waals surface area contributed by atoms with E-state index in [-0.39, 0.29) is 11.2 Å². The predicted octanol–water partition coefficient (Wildman–Crippen LogP) is 5.23. The lowest BCUT2D eigenvalue weighted by molar-refractivity contribution is -0.115. The number of nitrogens with zero attached hydrogens (tertiary/aromatic N) is 2. The highest BCUT2D eigenvalue weighted by molar-refractivity contribution is 8.00. The Labute approximate surface area is 173 Å². The van der Waals surface area contributed by atoms with Gasteiger partial charge in [-0.25, -0.2) is 9.97 Å². The van der Waals surface area contributed by atoms with Crippen molar-refractivity contribution >= 4 is 35.0 Å². The zero-order valence-corrected chi connectivity index (χ0v) is 17.3. The van der Waals surface area contributed by atoms with Crippen LogP contribution in [0.25, 0.3) is 11.3 Å². The van der Waals surface area contributed by atoms with E-state index in [1.807, 2.05) is 50.2 Å². The summed E-state index contributed by atoms with van der Waals surface area (Å²) in [5, 5.41) is 3.72. The summed E-state index contributed by atoms with van der Waals surface area (Å²) in [7, 11) is 1.55. The highest BCUT2D eigenvalue weighted by Crippen LogP contribution is 2.29. The summed E-state index contributed by atoms with van der Waals surface area (Å²) in [5.41, 5.74) is 2.47. The third kappa shape index (κ3) is 5.03. The fourth-order valence-electron chi connectivity index (χ4n) is 2.58. The van der Waals surface area contributed by atoms with Gasteiger partial charge in [-0.15, -0.1) is 0 Å². The van der Waals surface area contributed by atoms with Crippen LogP contribution in [-0.2, 0) is 4.79 Å². The quantitative estimate of drug-likeness (QED) is 0.442.